The summed E-state index contributed by atoms with van der Waals surface area (Å²) in [5, 5.41) is 8.93. The molecule has 1 aromatic carbocycles. The van der Waals surface area contributed by atoms with Crippen LogP contribution >= 0.6 is 15.9 Å². The summed E-state index contributed by atoms with van der Waals surface area (Å²) in [7, 11) is -2.16. The second-order valence-corrected chi connectivity index (χ2v) is 7.42. The normalized spacial score (nSPS) is 11.9. The molecule has 0 saturated carbocycles. The summed E-state index contributed by atoms with van der Waals surface area (Å²) in [5.41, 5.74) is -0.938. The van der Waals surface area contributed by atoms with E-state index in [1.807, 2.05) is 6.07 Å². The van der Waals surface area contributed by atoms with Gasteiger partial charge in [-0.05, 0) is 32.0 Å². The Morgan fingerprint density at radius 2 is 2.06 bits per heavy atom. The highest BCUT2D eigenvalue weighted by atomic mass is 79.9. The van der Waals surface area contributed by atoms with Crippen molar-refractivity contribution in [2.45, 2.75) is 18.7 Å². The SMILES string of the molecule is COc1ccc(Br)cc1S(=O)(=O)CC(C)(C)C#N. The zero-order valence-corrected chi connectivity index (χ0v) is 12.8. The lowest BCUT2D eigenvalue weighted by Gasteiger charge is -2.16. The van der Waals surface area contributed by atoms with Gasteiger partial charge in [0.15, 0.2) is 9.84 Å². The maximum atomic E-state index is 12.3. The molecule has 0 spiro atoms. The smallest absolute Gasteiger partial charge is 0.183 e. The van der Waals surface area contributed by atoms with Crippen LogP contribution in [-0.4, -0.2) is 21.3 Å². The second-order valence-electron chi connectivity index (χ2n) is 4.55. The number of ether oxygens (including phenoxy) is 1. The molecule has 1 rings (SSSR count). The average molecular weight is 332 g/mol. The van der Waals surface area contributed by atoms with E-state index in [-0.39, 0.29) is 16.4 Å². The van der Waals surface area contributed by atoms with E-state index < -0.39 is 15.3 Å². The van der Waals surface area contributed by atoms with Crippen LogP contribution < -0.4 is 4.74 Å². The van der Waals surface area contributed by atoms with E-state index in [0.717, 1.165) is 0 Å². The van der Waals surface area contributed by atoms with E-state index in [1.54, 1.807) is 26.0 Å². The molecule has 0 aliphatic rings. The van der Waals surface area contributed by atoms with Gasteiger partial charge in [0, 0.05) is 4.47 Å². The maximum Gasteiger partial charge on any atom is 0.183 e. The Morgan fingerprint density at radius 3 is 2.56 bits per heavy atom. The van der Waals surface area contributed by atoms with Gasteiger partial charge in [-0.2, -0.15) is 5.26 Å². The number of halogens is 1. The number of sulfone groups is 1. The largest absolute Gasteiger partial charge is 0.495 e. The van der Waals surface area contributed by atoms with Gasteiger partial charge in [-0.3, -0.25) is 0 Å². The number of rotatable bonds is 4. The Labute approximate surface area is 116 Å². The van der Waals surface area contributed by atoms with Crippen LogP contribution in [0.25, 0.3) is 0 Å². The number of nitriles is 1. The van der Waals surface area contributed by atoms with Crippen molar-refractivity contribution < 1.29 is 13.2 Å². The van der Waals surface area contributed by atoms with Crippen molar-refractivity contribution in [3.05, 3.63) is 22.7 Å². The maximum absolute atomic E-state index is 12.3. The van der Waals surface area contributed by atoms with Gasteiger partial charge >= 0.3 is 0 Å². The number of nitrogens with zero attached hydrogens (tertiary/aromatic N) is 1. The van der Waals surface area contributed by atoms with Crippen LogP contribution in [0.1, 0.15) is 13.8 Å². The molecule has 0 unspecified atom stereocenters. The summed E-state index contributed by atoms with van der Waals surface area (Å²) in [4.78, 5) is 0.0997. The van der Waals surface area contributed by atoms with Crippen molar-refractivity contribution >= 4 is 25.8 Å². The number of hydrogen-bond acceptors (Lipinski definition) is 4. The quantitative estimate of drug-likeness (QED) is 0.850. The topological polar surface area (TPSA) is 67.2 Å². The molecule has 4 nitrogen and oxygen atoms in total. The van der Waals surface area contributed by atoms with Crippen LogP contribution in [-0.2, 0) is 9.84 Å². The number of hydrogen-bond donors (Lipinski definition) is 0. The van der Waals surface area contributed by atoms with Gasteiger partial charge in [-0.15, -0.1) is 0 Å². The number of methoxy groups -OCH3 is 1. The van der Waals surface area contributed by atoms with E-state index >= 15 is 0 Å². The molecule has 0 aromatic heterocycles. The molecule has 18 heavy (non-hydrogen) atoms. The second kappa shape index (κ2) is 5.29. The van der Waals surface area contributed by atoms with E-state index in [0.29, 0.717) is 4.47 Å². The van der Waals surface area contributed by atoms with Gasteiger partial charge in [0.05, 0.1) is 24.3 Å². The fourth-order valence-electron chi connectivity index (χ4n) is 1.48. The third-order valence-electron chi connectivity index (χ3n) is 2.31. The molecular formula is C12H14BrNO3S. The van der Waals surface area contributed by atoms with Crippen LogP contribution in [0.15, 0.2) is 27.6 Å². The Balaban J connectivity index is 3.29. The molecule has 0 radical (unpaired) electrons. The molecule has 6 heteroatoms. The van der Waals surface area contributed by atoms with Crippen molar-refractivity contribution in [1.82, 2.24) is 0 Å². The van der Waals surface area contributed by atoms with Gasteiger partial charge in [-0.25, -0.2) is 8.42 Å². The van der Waals surface area contributed by atoms with E-state index in [4.69, 9.17) is 10.00 Å². The Hall–Kier alpha value is -1.06. The average Bonchev–Trinajstić information content (AvgIpc) is 2.28. The zero-order chi connectivity index (χ0) is 14.0. The summed E-state index contributed by atoms with van der Waals surface area (Å²) in [5.74, 6) is 0.0375. The van der Waals surface area contributed by atoms with Crippen LogP contribution in [0.2, 0.25) is 0 Å². The monoisotopic (exact) mass is 331 g/mol. The lowest BCUT2D eigenvalue weighted by molar-refractivity contribution is 0.402. The van der Waals surface area contributed by atoms with Crippen molar-refractivity contribution in [3.8, 4) is 11.8 Å². The lowest BCUT2D eigenvalue weighted by atomic mass is 10.00. The lowest BCUT2D eigenvalue weighted by Crippen LogP contribution is -2.22. The molecule has 0 fully saturated rings. The van der Waals surface area contributed by atoms with Gasteiger partial charge in [-0.1, -0.05) is 15.9 Å². The first-order chi connectivity index (χ1) is 8.22. The van der Waals surface area contributed by atoms with Crippen LogP contribution in [0.4, 0.5) is 0 Å². The fraction of sp³-hybridized carbons (Fsp3) is 0.417. The van der Waals surface area contributed by atoms with Crippen LogP contribution in [0.5, 0.6) is 5.75 Å². The molecule has 0 N–H and O–H groups in total. The van der Waals surface area contributed by atoms with Crippen LogP contribution in [0, 0.1) is 16.7 Å². The van der Waals surface area contributed by atoms with Crippen molar-refractivity contribution in [1.29, 1.82) is 5.26 Å². The third kappa shape index (κ3) is 3.47. The summed E-state index contributed by atoms with van der Waals surface area (Å²) >= 11 is 3.23. The predicted molar refractivity (Wildman–Crippen MR) is 72.1 cm³/mol. The molecule has 0 aliphatic heterocycles. The first-order valence-electron chi connectivity index (χ1n) is 5.19. The van der Waals surface area contributed by atoms with E-state index in [2.05, 4.69) is 15.9 Å². The highest BCUT2D eigenvalue weighted by Gasteiger charge is 2.29. The Kier molecular flexibility index (Phi) is 4.41. The molecule has 0 aliphatic carbocycles. The van der Waals surface area contributed by atoms with Gasteiger partial charge in [0.1, 0.15) is 10.6 Å². The standard InChI is InChI=1S/C12H14BrNO3S/c1-12(2,7-14)8-18(15,16)11-6-9(13)4-5-10(11)17-3/h4-6H,8H2,1-3H3. The first-order valence-corrected chi connectivity index (χ1v) is 7.64. The summed E-state index contributed by atoms with van der Waals surface area (Å²) < 4.78 is 30.3. The van der Waals surface area contributed by atoms with Gasteiger partial charge < -0.3 is 4.74 Å². The Bertz CT molecular complexity index is 588. The van der Waals surface area contributed by atoms with Gasteiger partial charge in [0.25, 0.3) is 0 Å². The molecule has 1 aromatic rings. The van der Waals surface area contributed by atoms with Crippen molar-refractivity contribution in [3.63, 3.8) is 0 Å². The molecule has 0 bridgehead atoms. The minimum Gasteiger partial charge on any atom is -0.495 e. The summed E-state index contributed by atoms with van der Waals surface area (Å²) in [6, 6.07) is 6.76. The van der Waals surface area contributed by atoms with E-state index in [9.17, 15) is 8.42 Å². The van der Waals surface area contributed by atoms with Gasteiger partial charge in [0.2, 0.25) is 0 Å². The minimum atomic E-state index is -3.57. The minimum absolute atomic E-state index is 0.0997. The predicted octanol–water partition coefficient (Wildman–Crippen LogP) is 2.78. The molecule has 0 saturated heterocycles. The van der Waals surface area contributed by atoms with Crippen LogP contribution in [0.3, 0.4) is 0 Å². The van der Waals surface area contributed by atoms with Crippen molar-refractivity contribution in [2.24, 2.45) is 5.41 Å². The highest BCUT2D eigenvalue weighted by molar-refractivity contribution is 9.10. The molecule has 0 atom stereocenters. The Morgan fingerprint density at radius 1 is 1.44 bits per heavy atom. The first kappa shape index (κ1) is 15.0. The molecular weight excluding hydrogens is 318 g/mol. The molecule has 98 valence electrons. The number of benzene rings is 1. The fourth-order valence-corrected chi connectivity index (χ4v) is 3.93. The summed E-state index contributed by atoms with van der Waals surface area (Å²) in [6.07, 6.45) is 0. The summed E-state index contributed by atoms with van der Waals surface area (Å²) in [6.45, 7) is 3.18. The highest BCUT2D eigenvalue weighted by Crippen LogP contribution is 2.31. The zero-order valence-electron chi connectivity index (χ0n) is 10.4. The third-order valence-corrected chi connectivity index (χ3v) is 4.90. The van der Waals surface area contributed by atoms with Crippen molar-refractivity contribution in [2.75, 3.05) is 12.9 Å². The van der Waals surface area contributed by atoms with E-state index in [1.165, 1.54) is 13.2 Å². The molecule has 0 heterocycles. The molecule has 0 amide bonds.